The van der Waals surface area contributed by atoms with Crippen LogP contribution in [0.4, 0.5) is 0 Å². The van der Waals surface area contributed by atoms with Crippen LogP contribution in [0.1, 0.15) is 15.9 Å². The van der Waals surface area contributed by atoms with Crippen molar-refractivity contribution in [2.24, 2.45) is 0 Å². The molecule has 0 aromatic heterocycles. The molecule has 0 heterocycles. The number of aromatic carboxylic acids is 1. The van der Waals surface area contributed by atoms with E-state index in [1.807, 2.05) is 12.1 Å². The number of carboxylic acid groups (broad SMARTS) is 1. The topological polar surface area (TPSA) is 66.8 Å². The summed E-state index contributed by atoms with van der Waals surface area (Å²) in [5, 5.41) is 18.3. The van der Waals surface area contributed by atoms with Crippen LogP contribution in [-0.2, 0) is 6.42 Å². The summed E-state index contributed by atoms with van der Waals surface area (Å²) in [4.78, 5) is 10.7. The zero-order valence-electron chi connectivity index (χ0n) is 10.2. The van der Waals surface area contributed by atoms with Gasteiger partial charge in [0.1, 0.15) is 11.5 Å². The molecule has 0 aliphatic carbocycles. The summed E-state index contributed by atoms with van der Waals surface area (Å²) >= 11 is 0. The monoisotopic (exact) mass is 258 g/mol. The Hall–Kier alpha value is -2.49. The van der Waals surface area contributed by atoms with E-state index >= 15 is 0 Å². The Balaban J connectivity index is 1.89. The van der Waals surface area contributed by atoms with E-state index in [0.29, 0.717) is 18.8 Å². The normalized spacial score (nSPS) is 10.1. The summed E-state index contributed by atoms with van der Waals surface area (Å²) in [7, 11) is 0. The molecule has 0 saturated heterocycles. The van der Waals surface area contributed by atoms with E-state index in [0.717, 1.165) is 5.56 Å². The number of hydrogen-bond donors (Lipinski definition) is 2. The Morgan fingerprint density at radius 2 is 1.74 bits per heavy atom. The van der Waals surface area contributed by atoms with Gasteiger partial charge >= 0.3 is 5.97 Å². The highest BCUT2D eigenvalue weighted by Crippen LogP contribution is 2.17. The third kappa shape index (κ3) is 3.48. The Kier molecular flexibility index (Phi) is 4.03. The molecule has 4 heteroatoms. The molecule has 4 nitrogen and oxygen atoms in total. The smallest absolute Gasteiger partial charge is 0.335 e. The van der Waals surface area contributed by atoms with Crippen molar-refractivity contribution in [3.8, 4) is 11.5 Å². The fraction of sp³-hybridized carbons (Fsp3) is 0.133. The third-order valence-electron chi connectivity index (χ3n) is 2.73. The van der Waals surface area contributed by atoms with E-state index in [1.54, 1.807) is 24.3 Å². The van der Waals surface area contributed by atoms with E-state index in [2.05, 4.69) is 0 Å². The van der Waals surface area contributed by atoms with Crippen molar-refractivity contribution >= 4 is 5.97 Å². The number of hydrogen-bond acceptors (Lipinski definition) is 3. The van der Waals surface area contributed by atoms with Crippen LogP contribution in [-0.4, -0.2) is 22.8 Å². The summed E-state index contributed by atoms with van der Waals surface area (Å²) in [6.45, 7) is 0.421. The van der Waals surface area contributed by atoms with Gasteiger partial charge in [-0.05, 0) is 35.9 Å². The van der Waals surface area contributed by atoms with Crippen molar-refractivity contribution in [3.05, 3.63) is 59.7 Å². The van der Waals surface area contributed by atoms with Crippen LogP contribution in [0.3, 0.4) is 0 Å². The Labute approximate surface area is 110 Å². The van der Waals surface area contributed by atoms with Gasteiger partial charge < -0.3 is 14.9 Å². The van der Waals surface area contributed by atoms with Gasteiger partial charge in [0, 0.05) is 6.42 Å². The van der Waals surface area contributed by atoms with Gasteiger partial charge in [-0.2, -0.15) is 0 Å². The molecule has 2 aromatic rings. The van der Waals surface area contributed by atoms with E-state index in [-0.39, 0.29) is 11.3 Å². The number of benzene rings is 2. The average Bonchev–Trinajstić information content (AvgIpc) is 2.41. The predicted molar refractivity (Wildman–Crippen MR) is 70.7 cm³/mol. The van der Waals surface area contributed by atoms with Crippen molar-refractivity contribution in [1.29, 1.82) is 0 Å². The standard InChI is InChI=1S/C15H14O4/c16-14-4-2-1-3-11(14)9-10-19-13-7-5-12(6-8-13)15(17)18/h1-8,16H,9-10H2,(H,17,18). The van der Waals surface area contributed by atoms with E-state index in [9.17, 15) is 9.90 Å². The summed E-state index contributed by atoms with van der Waals surface area (Å²) in [6, 6.07) is 13.3. The molecule has 2 aromatic carbocycles. The highest BCUT2D eigenvalue weighted by atomic mass is 16.5. The summed E-state index contributed by atoms with van der Waals surface area (Å²) in [5.74, 6) is -0.0893. The highest BCUT2D eigenvalue weighted by molar-refractivity contribution is 5.87. The first-order valence-corrected chi connectivity index (χ1v) is 5.90. The Morgan fingerprint density at radius 1 is 1.05 bits per heavy atom. The Bertz CT molecular complexity index is 561. The minimum atomic E-state index is -0.958. The lowest BCUT2D eigenvalue weighted by Crippen LogP contribution is -2.02. The van der Waals surface area contributed by atoms with Crippen LogP contribution < -0.4 is 4.74 Å². The predicted octanol–water partition coefficient (Wildman–Crippen LogP) is 2.71. The number of carbonyl (C=O) groups is 1. The number of aromatic hydroxyl groups is 1. The molecule has 2 N–H and O–H groups in total. The molecule has 0 unspecified atom stereocenters. The van der Waals surface area contributed by atoms with Crippen molar-refractivity contribution in [3.63, 3.8) is 0 Å². The molecule has 0 amide bonds. The molecule has 0 saturated carbocycles. The van der Waals surface area contributed by atoms with Gasteiger partial charge in [-0.25, -0.2) is 4.79 Å². The van der Waals surface area contributed by atoms with Crippen LogP contribution in [0.5, 0.6) is 11.5 Å². The number of carboxylic acids is 1. The van der Waals surface area contributed by atoms with E-state index in [4.69, 9.17) is 9.84 Å². The van der Waals surface area contributed by atoms with Gasteiger partial charge in [0.2, 0.25) is 0 Å². The number of phenols is 1. The lowest BCUT2D eigenvalue weighted by molar-refractivity contribution is 0.0697. The molecule has 19 heavy (non-hydrogen) atoms. The fourth-order valence-corrected chi connectivity index (χ4v) is 1.69. The van der Waals surface area contributed by atoms with Crippen molar-refractivity contribution < 1.29 is 19.7 Å². The highest BCUT2D eigenvalue weighted by Gasteiger charge is 2.03. The molecule has 0 radical (unpaired) electrons. The molecule has 0 atom stereocenters. The molecule has 2 rings (SSSR count). The molecular formula is C15H14O4. The second kappa shape index (κ2) is 5.91. The van der Waals surface area contributed by atoms with Crippen molar-refractivity contribution in [1.82, 2.24) is 0 Å². The van der Waals surface area contributed by atoms with Crippen LogP contribution >= 0.6 is 0 Å². The molecular weight excluding hydrogens is 244 g/mol. The molecule has 0 bridgehead atoms. The number of rotatable bonds is 5. The van der Waals surface area contributed by atoms with Gasteiger partial charge in [-0.1, -0.05) is 18.2 Å². The minimum Gasteiger partial charge on any atom is -0.508 e. The minimum absolute atomic E-state index is 0.230. The van der Waals surface area contributed by atoms with Crippen LogP contribution in [0.2, 0.25) is 0 Å². The van der Waals surface area contributed by atoms with Crippen LogP contribution in [0, 0.1) is 0 Å². The molecule has 0 aliphatic heterocycles. The van der Waals surface area contributed by atoms with E-state index < -0.39 is 5.97 Å². The lowest BCUT2D eigenvalue weighted by atomic mass is 10.1. The van der Waals surface area contributed by atoms with Gasteiger partial charge in [-0.15, -0.1) is 0 Å². The number of para-hydroxylation sites is 1. The van der Waals surface area contributed by atoms with Crippen molar-refractivity contribution in [2.45, 2.75) is 6.42 Å². The van der Waals surface area contributed by atoms with Crippen LogP contribution in [0.25, 0.3) is 0 Å². The van der Waals surface area contributed by atoms with Gasteiger partial charge in [0.15, 0.2) is 0 Å². The largest absolute Gasteiger partial charge is 0.508 e. The Morgan fingerprint density at radius 3 is 2.37 bits per heavy atom. The molecule has 0 aliphatic rings. The second-order valence-electron chi connectivity index (χ2n) is 4.06. The number of ether oxygens (including phenoxy) is 1. The zero-order chi connectivity index (χ0) is 13.7. The SMILES string of the molecule is O=C(O)c1ccc(OCCc2ccccc2O)cc1. The maximum atomic E-state index is 10.7. The third-order valence-corrected chi connectivity index (χ3v) is 2.73. The zero-order valence-corrected chi connectivity index (χ0v) is 10.2. The summed E-state index contributed by atoms with van der Waals surface area (Å²) in [6.07, 6.45) is 0.591. The van der Waals surface area contributed by atoms with Crippen LogP contribution in [0.15, 0.2) is 48.5 Å². The maximum absolute atomic E-state index is 10.7. The van der Waals surface area contributed by atoms with Gasteiger partial charge in [0.25, 0.3) is 0 Å². The van der Waals surface area contributed by atoms with Gasteiger partial charge in [-0.3, -0.25) is 0 Å². The van der Waals surface area contributed by atoms with Gasteiger partial charge in [0.05, 0.1) is 12.2 Å². The molecule has 0 spiro atoms. The first-order chi connectivity index (χ1) is 9.16. The maximum Gasteiger partial charge on any atom is 0.335 e. The molecule has 98 valence electrons. The lowest BCUT2D eigenvalue weighted by Gasteiger charge is -2.07. The fourth-order valence-electron chi connectivity index (χ4n) is 1.69. The van der Waals surface area contributed by atoms with Crippen molar-refractivity contribution in [2.75, 3.05) is 6.61 Å². The number of phenolic OH excluding ortho intramolecular Hbond substituents is 1. The second-order valence-corrected chi connectivity index (χ2v) is 4.06. The summed E-state index contributed by atoms with van der Waals surface area (Å²) in [5.41, 5.74) is 1.05. The molecule has 0 fully saturated rings. The first-order valence-electron chi connectivity index (χ1n) is 5.90. The van der Waals surface area contributed by atoms with E-state index in [1.165, 1.54) is 12.1 Å². The summed E-state index contributed by atoms with van der Waals surface area (Å²) < 4.78 is 5.50. The average molecular weight is 258 g/mol. The first kappa shape index (κ1) is 13.0. The quantitative estimate of drug-likeness (QED) is 0.865.